The highest BCUT2D eigenvalue weighted by Gasteiger charge is 2.22. The predicted molar refractivity (Wildman–Crippen MR) is 92.1 cm³/mol. The molecule has 7 heteroatoms. The Balaban J connectivity index is 1.54. The zero-order valence-corrected chi connectivity index (χ0v) is 14.4. The number of rotatable bonds is 5. The third kappa shape index (κ3) is 4.14. The van der Waals surface area contributed by atoms with E-state index in [1.54, 1.807) is 18.2 Å². The van der Waals surface area contributed by atoms with Gasteiger partial charge in [-0.15, -0.1) is 5.10 Å². The molecule has 1 aliphatic carbocycles. The molecule has 3 rings (SSSR count). The van der Waals surface area contributed by atoms with Gasteiger partial charge in [0, 0.05) is 6.04 Å². The molecule has 1 amide bonds. The monoisotopic (exact) mass is 348 g/mol. The molecule has 0 saturated heterocycles. The largest absolute Gasteiger partial charge is 0.352 e. The minimum Gasteiger partial charge on any atom is -0.352 e. The van der Waals surface area contributed by atoms with Crippen molar-refractivity contribution in [2.45, 2.75) is 43.8 Å². The lowest BCUT2D eigenvalue weighted by atomic mass is 9.86. The Morgan fingerprint density at radius 2 is 2.17 bits per heavy atom. The summed E-state index contributed by atoms with van der Waals surface area (Å²) in [6.45, 7) is 2.19. The Morgan fingerprint density at radius 1 is 1.38 bits per heavy atom. The Morgan fingerprint density at radius 3 is 2.96 bits per heavy atom. The lowest BCUT2D eigenvalue weighted by molar-refractivity contribution is -0.119. The fraction of sp³-hybridized carbons (Fsp3) is 0.471. The minimum absolute atomic E-state index is 0.00371. The van der Waals surface area contributed by atoms with Crippen molar-refractivity contribution < 1.29 is 9.18 Å². The van der Waals surface area contributed by atoms with Crippen LogP contribution in [-0.4, -0.2) is 32.9 Å². The first kappa shape index (κ1) is 17.0. The van der Waals surface area contributed by atoms with Gasteiger partial charge in [0.15, 0.2) is 5.82 Å². The van der Waals surface area contributed by atoms with E-state index in [9.17, 15) is 9.18 Å². The van der Waals surface area contributed by atoms with E-state index in [1.807, 2.05) is 0 Å². The van der Waals surface area contributed by atoms with E-state index >= 15 is 0 Å². The SMILES string of the molecule is CC1CCCCC1NC(=O)CSc1n[nH]c(-c2ccccc2F)n1. The third-order valence-corrected chi connectivity index (χ3v) is 5.23. The molecule has 128 valence electrons. The van der Waals surface area contributed by atoms with E-state index in [0.717, 1.165) is 6.42 Å². The first-order valence-electron chi connectivity index (χ1n) is 8.23. The molecular formula is C17H21FN4OS. The summed E-state index contributed by atoms with van der Waals surface area (Å²) in [4.78, 5) is 16.4. The number of H-pyrrole nitrogens is 1. The Labute approximate surface area is 144 Å². The fourth-order valence-corrected chi connectivity index (χ4v) is 3.60. The lowest BCUT2D eigenvalue weighted by Crippen LogP contribution is -2.41. The molecule has 1 aromatic carbocycles. The maximum absolute atomic E-state index is 13.7. The molecule has 2 atom stereocenters. The Bertz CT molecular complexity index is 705. The summed E-state index contributed by atoms with van der Waals surface area (Å²) < 4.78 is 13.7. The Hall–Kier alpha value is -1.89. The van der Waals surface area contributed by atoms with Crippen molar-refractivity contribution >= 4 is 17.7 Å². The summed E-state index contributed by atoms with van der Waals surface area (Å²) in [5, 5.41) is 10.3. The summed E-state index contributed by atoms with van der Waals surface area (Å²) in [5.74, 6) is 0.809. The average molecular weight is 348 g/mol. The smallest absolute Gasteiger partial charge is 0.230 e. The molecule has 2 N–H and O–H groups in total. The standard InChI is InChI=1S/C17H21FN4OS/c1-11-6-2-5-9-14(11)19-15(23)10-24-17-20-16(21-22-17)12-7-3-4-8-13(12)18/h3-4,7-8,11,14H,2,5-6,9-10H2,1H3,(H,19,23)(H,20,21,22). The van der Waals surface area contributed by atoms with Crippen LogP contribution < -0.4 is 5.32 Å². The number of amides is 1. The van der Waals surface area contributed by atoms with Crippen LogP contribution in [0, 0.1) is 11.7 Å². The third-order valence-electron chi connectivity index (χ3n) is 4.38. The highest BCUT2D eigenvalue weighted by molar-refractivity contribution is 7.99. The molecule has 1 aromatic heterocycles. The van der Waals surface area contributed by atoms with Crippen LogP contribution in [-0.2, 0) is 4.79 Å². The number of carbonyl (C=O) groups is 1. The van der Waals surface area contributed by atoms with Crippen molar-refractivity contribution in [2.75, 3.05) is 5.75 Å². The van der Waals surface area contributed by atoms with Crippen molar-refractivity contribution in [1.29, 1.82) is 0 Å². The second-order valence-electron chi connectivity index (χ2n) is 6.17. The van der Waals surface area contributed by atoms with E-state index in [1.165, 1.54) is 37.1 Å². The maximum Gasteiger partial charge on any atom is 0.230 e. The first-order valence-corrected chi connectivity index (χ1v) is 9.21. The molecule has 2 aromatic rings. The molecule has 24 heavy (non-hydrogen) atoms. The zero-order chi connectivity index (χ0) is 16.9. The number of halogens is 1. The first-order chi connectivity index (χ1) is 11.6. The number of benzene rings is 1. The van der Waals surface area contributed by atoms with Crippen LogP contribution in [0.3, 0.4) is 0 Å². The van der Waals surface area contributed by atoms with Crippen molar-refractivity contribution in [3.8, 4) is 11.4 Å². The molecule has 5 nitrogen and oxygen atoms in total. The van der Waals surface area contributed by atoms with Gasteiger partial charge in [-0.05, 0) is 30.9 Å². The van der Waals surface area contributed by atoms with Gasteiger partial charge in [-0.1, -0.05) is 43.7 Å². The van der Waals surface area contributed by atoms with Gasteiger partial charge in [0.2, 0.25) is 11.1 Å². The van der Waals surface area contributed by atoms with Crippen LogP contribution in [0.2, 0.25) is 0 Å². The van der Waals surface area contributed by atoms with Crippen LogP contribution in [0.1, 0.15) is 32.6 Å². The number of nitrogens with one attached hydrogen (secondary N) is 2. The van der Waals surface area contributed by atoms with Gasteiger partial charge in [-0.3, -0.25) is 9.89 Å². The topological polar surface area (TPSA) is 70.7 Å². The number of aromatic amines is 1. The van der Waals surface area contributed by atoms with Crippen LogP contribution in [0.15, 0.2) is 29.4 Å². The van der Waals surface area contributed by atoms with E-state index in [0.29, 0.717) is 22.5 Å². The van der Waals surface area contributed by atoms with Gasteiger partial charge in [-0.2, -0.15) is 0 Å². The van der Waals surface area contributed by atoms with Gasteiger partial charge in [0.25, 0.3) is 0 Å². The number of nitrogens with zero attached hydrogens (tertiary/aromatic N) is 2. The quantitative estimate of drug-likeness (QED) is 0.813. The van der Waals surface area contributed by atoms with Crippen molar-refractivity contribution in [3.05, 3.63) is 30.1 Å². The lowest BCUT2D eigenvalue weighted by Gasteiger charge is -2.29. The molecule has 1 heterocycles. The second kappa shape index (κ2) is 7.79. The van der Waals surface area contributed by atoms with E-state index in [2.05, 4.69) is 27.4 Å². The van der Waals surface area contributed by atoms with Crippen molar-refractivity contribution in [2.24, 2.45) is 5.92 Å². The maximum atomic E-state index is 13.7. The fourth-order valence-electron chi connectivity index (χ4n) is 2.99. The van der Waals surface area contributed by atoms with Crippen molar-refractivity contribution in [1.82, 2.24) is 20.5 Å². The number of hydrogen-bond donors (Lipinski definition) is 2. The molecule has 0 aliphatic heterocycles. The highest BCUT2D eigenvalue weighted by Crippen LogP contribution is 2.24. The van der Waals surface area contributed by atoms with Gasteiger partial charge in [-0.25, -0.2) is 9.37 Å². The van der Waals surface area contributed by atoms with Gasteiger partial charge >= 0.3 is 0 Å². The van der Waals surface area contributed by atoms with E-state index in [-0.39, 0.29) is 23.5 Å². The molecule has 1 saturated carbocycles. The molecule has 2 unspecified atom stereocenters. The van der Waals surface area contributed by atoms with Gasteiger partial charge < -0.3 is 5.32 Å². The normalized spacial score (nSPS) is 20.8. The number of thioether (sulfide) groups is 1. The molecular weight excluding hydrogens is 327 g/mol. The van der Waals surface area contributed by atoms with Crippen LogP contribution in [0.25, 0.3) is 11.4 Å². The minimum atomic E-state index is -0.353. The van der Waals surface area contributed by atoms with Gasteiger partial charge in [0.05, 0.1) is 11.3 Å². The van der Waals surface area contributed by atoms with Gasteiger partial charge in [0.1, 0.15) is 5.82 Å². The zero-order valence-electron chi connectivity index (χ0n) is 13.6. The van der Waals surface area contributed by atoms with E-state index in [4.69, 9.17) is 0 Å². The van der Waals surface area contributed by atoms with Crippen LogP contribution in [0.5, 0.6) is 0 Å². The molecule has 1 fully saturated rings. The summed E-state index contributed by atoms with van der Waals surface area (Å²) >= 11 is 1.25. The summed E-state index contributed by atoms with van der Waals surface area (Å²) in [6, 6.07) is 6.66. The summed E-state index contributed by atoms with van der Waals surface area (Å²) in [7, 11) is 0. The summed E-state index contributed by atoms with van der Waals surface area (Å²) in [5.41, 5.74) is 0.373. The summed E-state index contributed by atoms with van der Waals surface area (Å²) in [6.07, 6.45) is 4.65. The number of hydrogen-bond acceptors (Lipinski definition) is 4. The van der Waals surface area contributed by atoms with E-state index < -0.39 is 0 Å². The second-order valence-corrected chi connectivity index (χ2v) is 7.11. The molecule has 0 bridgehead atoms. The van der Waals surface area contributed by atoms with Crippen LogP contribution in [0.4, 0.5) is 4.39 Å². The molecule has 0 radical (unpaired) electrons. The van der Waals surface area contributed by atoms with Crippen LogP contribution >= 0.6 is 11.8 Å². The molecule has 0 spiro atoms. The number of carbonyl (C=O) groups excluding carboxylic acids is 1. The van der Waals surface area contributed by atoms with Crippen molar-refractivity contribution in [3.63, 3.8) is 0 Å². The average Bonchev–Trinajstić information content (AvgIpc) is 3.04. The molecule has 1 aliphatic rings. The Kier molecular flexibility index (Phi) is 5.50. The number of aromatic nitrogens is 3. The predicted octanol–water partition coefficient (Wildman–Crippen LogP) is 3.40. The highest BCUT2D eigenvalue weighted by atomic mass is 32.2.